The van der Waals surface area contributed by atoms with E-state index in [1.807, 2.05) is 24.3 Å². The van der Waals surface area contributed by atoms with E-state index < -0.39 is 28.7 Å². The monoisotopic (exact) mass is 410 g/mol. The Morgan fingerprint density at radius 1 is 1.00 bits per heavy atom. The van der Waals surface area contributed by atoms with Gasteiger partial charge in [0.15, 0.2) is 5.92 Å². The fourth-order valence-electron chi connectivity index (χ4n) is 3.54. The van der Waals surface area contributed by atoms with Crippen molar-refractivity contribution < 1.29 is 24.0 Å². The van der Waals surface area contributed by atoms with Crippen LogP contribution in [0.4, 0.5) is 5.69 Å². The average Bonchev–Trinajstić information content (AvgIpc) is 3.16. The van der Waals surface area contributed by atoms with Crippen molar-refractivity contribution in [3.63, 3.8) is 0 Å². The topological polar surface area (TPSA) is 112 Å². The summed E-state index contributed by atoms with van der Waals surface area (Å²) in [4.78, 5) is 39.4. The average molecular weight is 410 g/mol. The minimum Gasteiger partial charge on any atom is -0.465 e. The lowest BCUT2D eigenvalue weighted by atomic mass is 9.80. The Labute approximate surface area is 173 Å². The summed E-state index contributed by atoms with van der Waals surface area (Å²) in [7, 11) is 0. The van der Waals surface area contributed by atoms with Crippen molar-refractivity contribution in [3.8, 4) is 0 Å². The number of nitrogens with zero attached hydrogens (tertiary/aromatic N) is 1. The van der Waals surface area contributed by atoms with Gasteiger partial charge in [-0.25, -0.2) is 0 Å². The maximum absolute atomic E-state index is 12.8. The first kappa shape index (κ1) is 21.0. The fourth-order valence-corrected chi connectivity index (χ4v) is 3.54. The third kappa shape index (κ3) is 4.17. The summed E-state index contributed by atoms with van der Waals surface area (Å²) in [5.74, 6) is -3.42. The SMILES string of the molecule is CCOC(=O)C(C(=O)OCC)C(c1ccc([N+](=O)[O-])cc1)c1c[nH]c2ccccc12. The number of ether oxygens (including phenoxy) is 2. The van der Waals surface area contributed by atoms with Crippen LogP contribution in [0.15, 0.2) is 54.7 Å². The molecule has 2 aromatic carbocycles. The number of carbonyl (C=O) groups excluding carboxylic acids is 2. The lowest BCUT2D eigenvalue weighted by Gasteiger charge is -2.24. The molecule has 1 N–H and O–H groups in total. The number of nitro groups is 1. The summed E-state index contributed by atoms with van der Waals surface area (Å²) >= 11 is 0. The van der Waals surface area contributed by atoms with Gasteiger partial charge in [-0.2, -0.15) is 0 Å². The second-order valence-electron chi connectivity index (χ2n) is 6.60. The summed E-state index contributed by atoms with van der Waals surface area (Å²) < 4.78 is 10.4. The molecule has 0 aliphatic rings. The molecule has 30 heavy (non-hydrogen) atoms. The molecule has 0 amide bonds. The van der Waals surface area contributed by atoms with Crippen molar-refractivity contribution in [2.24, 2.45) is 5.92 Å². The van der Waals surface area contributed by atoms with Crippen molar-refractivity contribution in [1.82, 2.24) is 4.98 Å². The van der Waals surface area contributed by atoms with Gasteiger partial charge in [-0.3, -0.25) is 19.7 Å². The number of non-ortho nitro benzene ring substituents is 1. The van der Waals surface area contributed by atoms with E-state index in [-0.39, 0.29) is 18.9 Å². The van der Waals surface area contributed by atoms with Crippen molar-refractivity contribution in [2.45, 2.75) is 19.8 Å². The van der Waals surface area contributed by atoms with E-state index in [0.29, 0.717) is 11.1 Å². The Bertz CT molecular complexity index is 1040. The number of hydrogen-bond donors (Lipinski definition) is 1. The molecule has 0 saturated heterocycles. The number of para-hydroxylation sites is 1. The van der Waals surface area contributed by atoms with Gasteiger partial charge in [0.05, 0.1) is 18.1 Å². The van der Waals surface area contributed by atoms with E-state index in [1.165, 1.54) is 12.1 Å². The molecule has 0 bridgehead atoms. The van der Waals surface area contributed by atoms with Crippen molar-refractivity contribution in [1.29, 1.82) is 0 Å². The lowest BCUT2D eigenvalue weighted by Crippen LogP contribution is -2.34. The van der Waals surface area contributed by atoms with Crippen LogP contribution >= 0.6 is 0 Å². The van der Waals surface area contributed by atoms with Gasteiger partial charge in [0.2, 0.25) is 0 Å². The Kier molecular flexibility index (Phi) is 6.46. The van der Waals surface area contributed by atoms with Crippen LogP contribution in [0, 0.1) is 16.0 Å². The number of fused-ring (bicyclic) bond motifs is 1. The van der Waals surface area contributed by atoms with Gasteiger partial charge in [-0.05, 0) is 31.0 Å². The first-order valence-corrected chi connectivity index (χ1v) is 9.61. The van der Waals surface area contributed by atoms with Gasteiger partial charge < -0.3 is 14.5 Å². The Morgan fingerprint density at radius 2 is 1.60 bits per heavy atom. The lowest BCUT2D eigenvalue weighted by molar-refractivity contribution is -0.384. The molecule has 3 aromatic rings. The van der Waals surface area contributed by atoms with Crippen molar-refractivity contribution in [2.75, 3.05) is 13.2 Å². The number of benzene rings is 2. The third-order valence-electron chi connectivity index (χ3n) is 4.83. The molecule has 1 atom stereocenters. The zero-order valence-electron chi connectivity index (χ0n) is 16.7. The number of H-pyrrole nitrogens is 1. The van der Waals surface area contributed by atoms with Gasteiger partial charge in [0, 0.05) is 35.2 Å². The molecule has 1 aromatic heterocycles. The predicted octanol–water partition coefficient (Wildman–Crippen LogP) is 3.95. The molecule has 0 spiro atoms. The third-order valence-corrected chi connectivity index (χ3v) is 4.83. The van der Waals surface area contributed by atoms with E-state index in [0.717, 1.165) is 10.9 Å². The molecular formula is C22H22N2O6. The second-order valence-corrected chi connectivity index (χ2v) is 6.60. The first-order valence-electron chi connectivity index (χ1n) is 9.61. The Morgan fingerprint density at radius 3 is 2.17 bits per heavy atom. The molecule has 1 unspecified atom stereocenters. The number of carbonyl (C=O) groups is 2. The van der Waals surface area contributed by atoms with E-state index in [2.05, 4.69) is 4.98 Å². The van der Waals surface area contributed by atoms with Crippen LogP contribution in [-0.2, 0) is 19.1 Å². The summed E-state index contributed by atoms with van der Waals surface area (Å²) in [5, 5.41) is 11.9. The van der Waals surface area contributed by atoms with E-state index >= 15 is 0 Å². The van der Waals surface area contributed by atoms with Crippen molar-refractivity contribution in [3.05, 3.63) is 76.0 Å². The molecule has 0 aliphatic heterocycles. The molecule has 0 fully saturated rings. The summed E-state index contributed by atoms with van der Waals surface area (Å²) in [6.45, 7) is 3.53. The molecule has 156 valence electrons. The highest BCUT2D eigenvalue weighted by atomic mass is 16.6. The fraction of sp³-hybridized carbons (Fsp3) is 0.273. The van der Waals surface area contributed by atoms with Gasteiger partial charge in [0.25, 0.3) is 5.69 Å². The normalized spacial score (nSPS) is 12.0. The summed E-state index contributed by atoms with van der Waals surface area (Å²) in [6.07, 6.45) is 1.74. The van der Waals surface area contributed by atoms with Crippen LogP contribution < -0.4 is 0 Å². The number of aromatic amines is 1. The predicted molar refractivity (Wildman–Crippen MR) is 110 cm³/mol. The summed E-state index contributed by atoms with van der Waals surface area (Å²) in [6, 6.07) is 13.3. The molecule has 1 heterocycles. The molecule has 8 heteroatoms. The number of esters is 2. The Hall–Kier alpha value is -3.68. The maximum Gasteiger partial charge on any atom is 0.321 e. The highest BCUT2D eigenvalue weighted by Gasteiger charge is 2.40. The number of nitrogens with one attached hydrogen (secondary N) is 1. The van der Waals surface area contributed by atoms with Gasteiger partial charge in [0.1, 0.15) is 0 Å². The van der Waals surface area contributed by atoms with Crippen LogP contribution in [0.3, 0.4) is 0 Å². The smallest absolute Gasteiger partial charge is 0.321 e. The van der Waals surface area contributed by atoms with Gasteiger partial charge in [-0.15, -0.1) is 0 Å². The standard InChI is InChI=1S/C22H22N2O6/c1-3-29-21(25)20(22(26)30-4-2)19(14-9-11-15(12-10-14)24(27)28)17-13-23-18-8-6-5-7-16(17)18/h5-13,19-20,23H,3-4H2,1-2H3. The van der Waals surface area contributed by atoms with Crippen LogP contribution in [0.2, 0.25) is 0 Å². The van der Waals surface area contributed by atoms with Crippen LogP contribution in [0.1, 0.15) is 30.9 Å². The zero-order chi connectivity index (χ0) is 21.7. The minimum atomic E-state index is -1.26. The molecule has 0 radical (unpaired) electrons. The van der Waals surface area contributed by atoms with E-state index in [9.17, 15) is 19.7 Å². The van der Waals surface area contributed by atoms with E-state index in [4.69, 9.17) is 9.47 Å². The van der Waals surface area contributed by atoms with Gasteiger partial charge in [-0.1, -0.05) is 30.3 Å². The van der Waals surface area contributed by atoms with Crippen LogP contribution in [-0.4, -0.2) is 35.1 Å². The number of aromatic nitrogens is 1. The first-order chi connectivity index (χ1) is 14.5. The largest absolute Gasteiger partial charge is 0.465 e. The number of hydrogen-bond acceptors (Lipinski definition) is 6. The molecule has 8 nitrogen and oxygen atoms in total. The van der Waals surface area contributed by atoms with Crippen LogP contribution in [0.25, 0.3) is 10.9 Å². The maximum atomic E-state index is 12.8. The van der Waals surface area contributed by atoms with E-state index in [1.54, 1.807) is 32.2 Å². The molecular weight excluding hydrogens is 388 g/mol. The molecule has 0 saturated carbocycles. The zero-order valence-corrected chi connectivity index (χ0v) is 16.7. The number of rotatable bonds is 8. The quantitative estimate of drug-likeness (QED) is 0.260. The second kappa shape index (κ2) is 9.21. The highest BCUT2D eigenvalue weighted by Crippen LogP contribution is 2.38. The summed E-state index contributed by atoms with van der Waals surface area (Å²) in [5.41, 5.74) is 2.02. The molecule has 0 aliphatic carbocycles. The van der Waals surface area contributed by atoms with Gasteiger partial charge >= 0.3 is 11.9 Å². The highest BCUT2D eigenvalue weighted by molar-refractivity contribution is 5.98. The number of nitro benzene ring substituents is 1. The minimum absolute atomic E-state index is 0.0831. The Balaban J connectivity index is 2.20. The van der Waals surface area contributed by atoms with Crippen molar-refractivity contribution >= 4 is 28.5 Å². The molecule has 3 rings (SSSR count). The van der Waals surface area contributed by atoms with Crippen LogP contribution in [0.5, 0.6) is 0 Å².